The van der Waals surface area contributed by atoms with E-state index in [2.05, 4.69) is 28.5 Å². The van der Waals surface area contributed by atoms with Gasteiger partial charge in [0.15, 0.2) is 0 Å². The fourth-order valence-corrected chi connectivity index (χ4v) is 4.51. The molecule has 1 aliphatic rings. The van der Waals surface area contributed by atoms with Crippen molar-refractivity contribution in [2.45, 2.75) is 26.7 Å². The molecule has 0 bridgehead atoms. The third-order valence-corrected chi connectivity index (χ3v) is 6.51. The van der Waals surface area contributed by atoms with Crippen LogP contribution in [-0.4, -0.2) is 44.3 Å². The minimum atomic E-state index is -0.144. The van der Waals surface area contributed by atoms with Gasteiger partial charge in [-0.25, -0.2) is 4.98 Å². The minimum absolute atomic E-state index is 0.0544. The van der Waals surface area contributed by atoms with Crippen LogP contribution >= 0.6 is 0 Å². The second kappa shape index (κ2) is 9.09. The van der Waals surface area contributed by atoms with E-state index >= 15 is 0 Å². The molecule has 7 nitrogen and oxygen atoms in total. The molecule has 0 saturated carbocycles. The van der Waals surface area contributed by atoms with Crippen LogP contribution in [-0.2, 0) is 9.59 Å². The first-order valence-electron chi connectivity index (χ1n) is 11.6. The Morgan fingerprint density at radius 3 is 2.32 bits per heavy atom. The van der Waals surface area contributed by atoms with Crippen LogP contribution in [0.1, 0.15) is 25.3 Å². The molecule has 34 heavy (non-hydrogen) atoms. The molecule has 3 heterocycles. The molecule has 1 fully saturated rings. The third-order valence-electron chi connectivity index (χ3n) is 6.51. The van der Waals surface area contributed by atoms with Crippen LogP contribution < -0.4 is 5.32 Å². The lowest BCUT2D eigenvalue weighted by atomic mass is 9.96. The molecule has 0 atom stereocenters. The molecule has 0 radical (unpaired) electrons. The molecule has 0 unspecified atom stereocenters. The van der Waals surface area contributed by atoms with E-state index in [4.69, 9.17) is 4.98 Å². The summed E-state index contributed by atoms with van der Waals surface area (Å²) in [5.74, 6) is 0.366. The van der Waals surface area contributed by atoms with Crippen molar-refractivity contribution < 1.29 is 9.59 Å². The summed E-state index contributed by atoms with van der Waals surface area (Å²) in [6.45, 7) is 4.84. The van der Waals surface area contributed by atoms with Crippen molar-refractivity contribution in [1.82, 2.24) is 19.4 Å². The van der Waals surface area contributed by atoms with Gasteiger partial charge in [0, 0.05) is 44.0 Å². The molecule has 0 spiro atoms. The van der Waals surface area contributed by atoms with Crippen molar-refractivity contribution >= 4 is 28.8 Å². The number of carbonyl (C=O) groups is 2. The van der Waals surface area contributed by atoms with Crippen molar-refractivity contribution in [3.05, 3.63) is 72.6 Å². The average molecular weight is 454 g/mol. The fourth-order valence-electron chi connectivity index (χ4n) is 4.51. The normalized spacial score (nSPS) is 14.4. The molecule has 1 saturated heterocycles. The van der Waals surface area contributed by atoms with Gasteiger partial charge in [0.05, 0.1) is 11.0 Å². The van der Waals surface area contributed by atoms with Crippen LogP contribution in [0.15, 0.2) is 67.0 Å². The number of nitrogens with one attached hydrogen (secondary N) is 1. The monoisotopic (exact) mass is 453 g/mol. The molecule has 172 valence electrons. The first-order valence-corrected chi connectivity index (χ1v) is 11.6. The predicted octanol–water partition coefficient (Wildman–Crippen LogP) is 4.59. The predicted molar refractivity (Wildman–Crippen MR) is 133 cm³/mol. The van der Waals surface area contributed by atoms with E-state index in [1.165, 1.54) is 0 Å². The molecule has 2 aromatic heterocycles. The Morgan fingerprint density at radius 2 is 1.65 bits per heavy atom. The van der Waals surface area contributed by atoms with E-state index in [1.807, 2.05) is 47.9 Å². The Kier molecular flexibility index (Phi) is 5.84. The molecule has 2 amide bonds. The second-order valence-electron chi connectivity index (χ2n) is 8.82. The van der Waals surface area contributed by atoms with Gasteiger partial charge in [-0.2, -0.15) is 0 Å². The highest BCUT2D eigenvalue weighted by Crippen LogP contribution is 2.30. The largest absolute Gasteiger partial charge is 0.343 e. The summed E-state index contributed by atoms with van der Waals surface area (Å²) < 4.78 is 2.00. The number of pyridine rings is 1. The standard InChI is InChI=1S/C27H27N5O2/c1-18-3-6-23(7-4-18)32-25-17-22(20-9-13-28-14-10-20)5-8-24(25)29-27(32)30-26(34)21-11-15-31(16-12-21)19(2)33/h3-10,13-14,17,21H,11-12,15-16H2,1-2H3,(H,29,30,34). The van der Waals surface area contributed by atoms with Crippen molar-refractivity contribution in [2.24, 2.45) is 5.92 Å². The summed E-state index contributed by atoms with van der Waals surface area (Å²) in [5, 5.41) is 3.09. The zero-order valence-corrected chi connectivity index (χ0v) is 19.4. The van der Waals surface area contributed by atoms with E-state index in [9.17, 15) is 9.59 Å². The molecule has 7 heteroatoms. The van der Waals surface area contributed by atoms with Gasteiger partial charge in [-0.05, 0) is 67.3 Å². The maximum Gasteiger partial charge on any atom is 0.229 e. The van der Waals surface area contributed by atoms with Gasteiger partial charge < -0.3 is 4.90 Å². The number of anilines is 1. The number of nitrogens with zero attached hydrogens (tertiary/aromatic N) is 4. The first kappa shape index (κ1) is 21.8. The van der Waals surface area contributed by atoms with Crippen molar-refractivity contribution in [1.29, 1.82) is 0 Å². The zero-order chi connectivity index (χ0) is 23.7. The Bertz CT molecular complexity index is 1340. The average Bonchev–Trinajstić information content (AvgIpc) is 3.22. The molecule has 1 N–H and O–H groups in total. The number of rotatable bonds is 4. The van der Waals surface area contributed by atoms with E-state index in [-0.39, 0.29) is 17.7 Å². The number of hydrogen-bond acceptors (Lipinski definition) is 4. The summed E-state index contributed by atoms with van der Waals surface area (Å²) >= 11 is 0. The summed E-state index contributed by atoms with van der Waals surface area (Å²) in [7, 11) is 0. The summed E-state index contributed by atoms with van der Waals surface area (Å²) in [6, 6.07) is 18.2. The van der Waals surface area contributed by atoms with E-state index in [1.54, 1.807) is 24.2 Å². The molecule has 2 aromatic carbocycles. The molecule has 5 rings (SSSR count). The van der Waals surface area contributed by atoms with Gasteiger partial charge in [0.25, 0.3) is 0 Å². The Labute approximate surface area is 198 Å². The lowest BCUT2D eigenvalue weighted by Gasteiger charge is -2.30. The van der Waals surface area contributed by atoms with Crippen LogP contribution in [0, 0.1) is 12.8 Å². The highest BCUT2D eigenvalue weighted by Gasteiger charge is 2.27. The highest BCUT2D eigenvalue weighted by atomic mass is 16.2. The summed E-state index contributed by atoms with van der Waals surface area (Å²) in [5.41, 5.74) is 5.93. The quantitative estimate of drug-likeness (QED) is 0.490. The van der Waals surface area contributed by atoms with E-state index in [0.29, 0.717) is 31.9 Å². The lowest BCUT2D eigenvalue weighted by molar-refractivity contribution is -0.132. The maximum atomic E-state index is 13.2. The van der Waals surface area contributed by atoms with Gasteiger partial charge in [-0.1, -0.05) is 23.8 Å². The van der Waals surface area contributed by atoms with Crippen molar-refractivity contribution in [3.8, 4) is 16.8 Å². The second-order valence-corrected chi connectivity index (χ2v) is 8.82. The number of fused-ring (bicyclic) bond motifs is 1. The minimum Gasteiger partial charge on any atom is -0.343 e. The number of benzene rings is 2. The van der Waals surface area contributed by atoms with Crippen LogP contribution in [0.3, 0.4) is 0 Å². The van der Waals surface area contributed by atoms with Crippen LogP contribution in [0.5, 0.6) is 0 Å². The maximum absolute atomic E-state index is 13.2. The number of amides is 2. The van der Waals surface area contributed by atoms with Crippen LogP contribution in [0.4, 0.5) is 5.95 Å². The highest BCUT2D eigenvalue weighted by molar-refractivity contribution is 5.95. The van der Waals surface area contributed by atoms with Crippen LogP contribution in [0.25, 0.3) is 27.8 Å². The molecule has 0 aliphatic carbocycles. The Balaban J connectivity index is 1.52. The van der Waals surface area contributed by atoms with Gasteiger partial charge in [-0.15, -0.1) is 0 Å². The number of aromatic nitrogens is 3. The molecular formula is C27H27N5O2. The third kappa shape index (κ3) is 4.29. The number of aryl methyl sites for hydroxylation is 1. The van der Waals surface area contributed by atoms with E-state index in [0.717, 1.165) is 33.4 Å². The summed E-state index contributed by atoms with van der Waals surface area (Å²) in [6.07, 6.45) is 4.87. The molecule has 4 aromatic rings. The smallest absolute Gasteiger partial charge is 0.229 e. The topological polar surface area (TPSA) is 80.1 Å². The fraction of sp³-hybridized carbons (Fsp3) is 0.259. The number of imidazole rings is 1. The molecular weight excluding hydrogens is 426 g/mol. The SMILES string of the molecule is CC(=O)N1CCC(C(=O)Nc2nc3ccc(-c4ccncc4)cc3n2-c2ccc(C)cc2)CC1. The number of likely N-dealkylation sites (tertiary alicyclic amines) is 1. The van der Waals surface area contributed by atoms with Gasteiger partial charge in [0.2, 0.25) is 17.8 Å². The lowest BCUT2D eigenvalue weighted by Crippen LogP contribution is -2.40. The van der Waals surface area contributed by atoms with E-state index < -0.39 is 0 Å². The summed E-state index contributed by atoms with van der Waals surface area (Å²) in [4.78, 5) is 35.5. The molecule has 1 aliphatic heterocycles. The Hall–Kier alpha value is -4.00. The zero-order valence-electron chi connectivity index (χ0n) is 19.4. The first-order chi connectivity index (χ1) is 16.5. The van der Waals surface area contributed by atoms with Crippen molar-refractivity contribution in [2.75, 3.05) is 18.4 Å². The number of hydrogen-bond donors (Lipinski definition) is 1. The van der Waals surface area contributed by atoms with Gasteiger partial charge >= 0.3 is 0 Å². The number of carbonyl (C=O) groups excluding carboxylic acids is 2. The Morgan fingerprint density at radius 1 is 0.941 bits per heavy atom. The van der Waals surface area contributed by atoms with Crippen molar-refractivity contribution in [3.63, 3.8) is 0 Å². The number of piperidine rings is 1. The van der Waals surface area contributed by atoms with Crippen LogP contribution in [0.2, 0.25) is 0 Å². The van der Waals surface area contributed by atoms with Gasteiger partial charge in [0.1, 0.15) is 0 Å². The van der Waals surface area contributed by atoms with Gasteiger partial charge in [-0.3, -0.25) is 24.5 Å².